The summed E-state index contributed by atoms with van der Waals surface area (Å²) in [5.74, 6) is 1.66. The predicted molar refractivity (Wildman–Crippen MR) is 113 cm³/mol. The molecule has 0 saturated heterocycles. The number of amides is 1. The van der Waals surface area contributed by atoms with Gasteiger partial charge in [-0.1, -0.05) is 31.2 Å². The van der Waals surface area contributed by atoms with Gasteiger partial charge in [0, 0.05) is 13.1 Å². The van der Waals surface area contributed by atoms with Gasteiger partial charge in [-0.05, 0) is 60.6 Å². The fourth-order valence-corrected chi connectivity index (χ4v) is 3.02. The summed E-state index contributed by atoms with van der Waals surface area (Å²) in [4.78, 5) is 12.3. The van der Waals surface area contributed by atoms with Crippen molar-refractivity contribution in [2.45, 2.75) is 39.5 Å². The molecule has 0 aliphatic rings. The Bertz CT molecular complexity index is 789. The van der Waals surface area contributed by atoms with Crippen molar-refractivity contribution < 1.29 is 14.3 Å². The van der Waals surface area contributed by atoms with Gasteiger partial charge in [0.2, 0.25) is 5.91 Å². The van der Waals surface area contributed by atoms with Crippen molar-refractivity contribution in [3.05, 3.63) is 58.7 Å². The van der Waals surface area contributed by atoms with Crippen LogP contribution in [0.2, 0.25) is 0 Å². The number of hydrogen-bond acceptors (Lipinski definition) is 4. The van der Waals surface area contributed by atoms with Crippen LogP contribution in [0, 0.1) is 13.8 Å². The lowest BCUT2D eigenvalue weighted by molar-refractivity contribution is -0.120. The number of methoxy groups -OCH3 is 1. The average molecular weight is 385 g/mol. The number of carbonyl (C=O) groups excluding carboxylic acids is 1. The molecule has 1 atom stereocenters. The normalized spacial score (nSPS) is 11.8. The Hall–Kier alpha value is -2.53. The van der Waals surface area contributed by atoms with Crippen molar-refractivity contribution >= 4 is 5.91 Å². The highest BCUT2D eigenvalue weighted by Gasteiger charge is 2.11. The van der Waals surface area contributed by atoms with Crippen LogP contribution in [-0.2, 0) is 11.2 Å². The molecule has 2 aromatic rings. The number of rotatable bonds is 10. The molecule has 2 aromatic carbocycles. The topological polar surface area (TPSA) is 73.6 Å². The summed E-state index contributed by atoms with van der Waals surface area (Å²) >= 11 is 0. The van der Waals surface area contributed by atoms with Gasteiger partial charge in [-0.3, -0.25) is 4.79 Å². The molecule has 3 N–H and O–H groups in total. The molecule has 0 aliphatic carbocycles. The molecule has 0 fully saturated rings. The van der Waals surface area contributed by atoms with E-state index in [0.717, 1.165) is 12.0 Å². The molecule has 0 radical (unpaired) electrons. The molecule has 0 aromatic heterocycles. The smallest absolute Gasteiger partial charge is 0.224 e. The first-order valence-electron chi connectivity index (χ1n) is 9.78. The van der Waals surface area contributed by atoms with Crippen LogP contribution in [0.25, 0.3) is 0 Å². The third kappa shape index (κ3) is 6.27. The molecule has 0 spiro atoms. The van der Waals surface area contributed by atoms with E-state index in [-0.39, 0.29) is 5.91 Å². The van der Waals surface area contributed by atoms with Crippen molar-refractivity contribution in [3.8, 4) is 11.5 Å². The van der Waals surface area contributed by atoms with E-state index in [1.165, 1.54) is 16.7 Å². The van der Waals surface area contributed by atoms with Gasteiger partial charge in [-0.25, -0.2) is 0 Å². The third-order valence-corrected chi connectivity index (χ3v) is 4.97. The van der Waals surface area contributed by atoms with Crippen molar-refractivity contribution in [2.75, 3.05) is 26.8 Å². The Morgan fingerprint density at radius 2 is 1.89 bits per heavy atom. The molecule has 5 heteroatoms. The van der Waals surface area contributed by atoms with Crippen molar-refractivity contribution in [2.24, 2.45) is 5.73 Å². The van der Waals surface area contributed by atoms with Gasteiger partial charge in [0.15, 0.2) is 11.5 Å². The Balaban J connectivity index is 1.84. The van der Waals surface area contributed by atoms with Crippen LogP contribution < -0.4 is 20.5 Å². The molecule has 28 heavy (non-hydrogen) atoms. The van der Waals surface area contributed by atoms with Crippen molar-refractivity contribution in [1.29, 1.82) is 0 Å². The van der Waals surface area contributed by atoms with Crippen LogP contribution in [0.4, 0.5) is 0 Å². The van der Waals surface area contributed by atoms with E-state index in [1.807, 2.05) is 18.2 Å². The minimum atomic E-state index is 0.00460. The largest absolute Gasteiger partial charge is 0.493 e. The summed E-state index contributed by atoms with van der Waals surface area (Å²) in [6.07, 6.45) is 1.22. The highest BCUT2D eigenvalue weighted by molar-refractivity contribution is 5.78. The molecule has 2 rings (SSSR count). The fraction of sp³-hybridized carbons (Fsp3) is 0.435. The highest BCUT2D eigenvalue weighted by Crippen LogP contribution is 2.28. The molecule has 0 bridgehead atoms. The van der Waals surface area contributed by atoms with Gasteiger partial charge in [0.05, 0.1) is 13.5 Å². The van der Waals surface area contributed by atoms with Gasteiger partial charge in [0.1, 0.15) is 6.61 Å². The second-order valence-corrected chi connectivity index (χ2v) is 7.18. The molecular weight excluding hydrogens is 352 g/mol. The molecule has 152 valence electrons. The Morgan fingerprint density at radius 3 is 2.57 bits per heavy atom. The van der Waals surface area contributed by atoms with E-state index >= 15 is 0 Å². The minimum Gasteiger partial charge on any atom is -0.493 e. The lowest BCUT2D eigenvalue weighted by atomic mass is 9.94. The molecule has 5 nitrogen and oxygen atoms in total. The number of aryl methyl sites for hydroxylation is 2. The summed E-state index contributed by atoms with van der Waals surface area (Å²) in [5, 5.41) is 3.02. The first-order valence-corrected chi connectivity index (χ1v) is 9.78. The molecule has 0 heterocycles. The van der Waals surface area contributed by atoms with Crippen LogP contribution in [0.3, 0.4) is 0 Å². The predicted octanol–water partition coefficient (Wildman–Crippen LogP) is 3.50. The monoisotopic (exact) mass is 384 g/mol. The number of benzene rings is 2. The molecule has 0 saturated carbocycles. The third-order valence-electron chi connectivity index (χ3n) is 4.97. The zero-order valence-electron chi connectivity index (χ0n) is 17.4. The van der Waals surface area contributed by atoms with Crippen LogP contribution in [0.15, 0.2) is 36.4 Å². The summed E-state index contributed by atoms with van der Waals surface area (Å²) in [6, 6.07) is 12.1. The lowest BCUT2D eigenvalue weighted by Gasteiger charge is -2.14. The summed E-state index contributed by atoms with van der Waals surface area (Å²) in [6.45, 7) is 7.97. The standard InChI is InChI=1S/C23H32N2O3/c1-16-5-7-20(13-18(16)3)17(2)9-11-25-23(26)15-19-6-8-21(28-12-10-24)22(14-19)27-4/h5-8,13-14,17H,9-12,15,24H2,1-4H3,(H,25,26). The Kier molecular flexibility index (Phi) is 8.33. The van der Waals surface area contributed by atoms with E-state index in [2.05, 4.69) is 44.3 Å². The van der Waals surface area contributed by atoms with Crippen LogP contribution in [0.5, 0.6) is 11.5 Å². The van der Waals surface area contributed by atoms with Gasteiger partial charge in [-0.2, -0.15) is 0 Å². The average Bonchev–Trinajstić information content (AvgIpc) is 2.68. The fourth-order valence-electron chi connectivity index (χ4n) is 3.02. The van der Waals surface area contributed by atoms with Crippen LogP contribution in [-0.4, -0.2) is 32.7 Å². The minimum absolute atomic E-state index is 0.00460. The van der Waals surface area contributed by atoms with Gasteiger partial charge >= 0.3 is 0 Å². The molecule has 1 unspecified atom stereocenters. The van der Waals surface area contributed by atoms with E-state index in [1.54, 1.807) is 7.11 Å². The molecular formula is C23H32N2O3. The molecule has 1 amide bonds. The van der Waals surface area contributed by atoms with Gasteiger partial charge in [-0.15, -0.1) is 0 Å². The first kappa shape index (κ1) is 21.8. The van der Waals surface area contributed by atoms with E-state index in [9.17, 15) is 4.79 Å². The van der Waals surface area contributed by atoms with Crippen molar-refractivity contribution in [1.82, 2.24) is 5.32 Å². The van der Waals surface area contributed by atoms with E-state index < -0.39 is 0 Å². The maximum Gasteiger partial charge on any atom is 0.224 e. The van der Waals surface area contributed by atoms with E-state index in [4.69, 9.17) is 15.2 Å². The Morgan fingerprint density at radius 1 is 1.11 bits per heavy atom. The molecule has 0 aliphatic heterocycles. The zero-order chi connectivity index (χ0) is 20.5. The number of hydrogen-bond donors (Lipinski definition) is 2. The number of nitrogens with two attached hydrogens (primary N) is 1. The van der Waals surface area contributed by atoms with Gasteiger partial charge in [0.25, 0.3) is 0 Å². The summed E-state index contributed by atoms with van der Waals surface area (Å²) < 4.78 is 10.9. The highest BCUT2D eigenvalue weighted by atomic mass is 16.5. The Labute approximate surface area is 168 Å². The number of ether oxygens (including phenoxy) is 2. The zero-order valence-corrected chi connectivity index (χ0v) is 17.4. The first-order chi connectivity index (χ1) is 13.4. The van der Waals surface area contributed by atoms with Crippen LogP contribution >= 0.6 is 0 Å². The van der Waals surface area contributed by atoms with Crippen LogP contribution in [0.1, 0.15) is 41.5 Å². The maximum atomic E-state index is 12.3. The van der Waals surface area contributed by atoms with E-state index in [0.29, 0.717) is 43.5 Å². The second kappa shape index (κ2) is 10.7. The maximum absolute atomic E-state index is 12.3. The quantitative estimate of drug-likeness (QED) is 0.657. The number of nitrogens with one attached hydrogen (secondary N) is 1. The van der Waals surface area contributed by atoms with Crippen molar-refractivity contribution in [3.63, 3.8) is 0 Å². The number of carbonyl (C=O) groups is 1. The van der Waals surface area contributed by atoms with Gasteiger partial charge < -0.3 is 20.5 Å². The summed E-state index contributed by atoms with van der Waals surface area (Å²) in [7, 11) is 1.59. The second-order valence-electron chi connectivity index (χ2n) is 7.18. The summed E-state index contributed by atoms with van der Waals surface area (Å²) in [5.41, 5.74) is 10.3. The lowest BCUT2D eigenvalue weighted by Crippen LogP contribution is -2.27. The SMILES string of the molecule is COc1cc(CC(=O)NCCC(C)c2ccc(C)c(C)c2)ccc1OCCN.